The van der Waals surface area contributed by atoms with E-state index >= 15 is 0 Å². The highest BCUT2D eigenvalue weighted by Gasteiger charge is 2.23. The minimum Gasteiger partial charge on any atom is -0.398 e. The maximum atomic E-state index is 13.1. The van der Waals surface area contributed by atoms with Gasteiger partial charge in [-0.15, -0.1) is 0 Å². The molecule has 5 N–H and O–H groups in total. The number of carbonyl (C=O) groups excluding carboxylic acids is 2. The van der Waals surface area contributed by atoms with E-state index in [9.17, 15) is 18.4 Å². The molecule has 1 unspecified atom stereocenters. The maximum Gasteiger partial charge on any atom is 0.254 e. The van der Waals surface area contributed by atoms with E-state index < -0.39 is 29.5 Å². The Kier molecular flexibility index (Phi) is 4.42. The summed E-state index contributed by atoms with van der Waals surface area (Å²) in [6.07, 6.45) is 0. The predicted molar refractivity (Wildman–Crippen MR) is 66.1 cm³/mol. The first-order valence-electron chi connectivity index (χ1n) is 5.58. The van der Waals surface area contributed by atoms with Crippen molar-refractivity contribution in [2.45, 2.75) is 19.9 Å². The number of hydrogen-bond acceptors (Lipinski definition) is 3. The van der Waals surface area contributed by atoms with Crippen LogP contribution in [0.4, 0.5) is 14.5 Å². The second kappa shape index (κ2) is 5.64. The Morgan fingerprint density at radius 3 is 2.21 bits per heavy atom. The molecule has 0 heterocycles. The average molecular weight is 271 g/mol. The summed E-state index contributed by atoms with van der Waals surface area (Å²) in [5.41, 5.74) is 10.1. The fraction of sp³-hybridized carbons (Fsp3) is 0.333. The summed E-state index contributed by atoms with van der Waals surface area (Å²) < 4.78 is 26.0. The molecule has 2 amide bonds. The van der Waals surface area contributed by atoms with Crippen molar-refractivity contribution in [3.05, 3.63) is 29.3 Å². The fourth-order valence-electron chi connectivity index (χ4n) is 1.54. The molecule has 1 rings (SSSR count). The van der Waals surface area contributed by atoms with Gasteiger partial charge < -0.3 is 16.8 Å². The minimum atomic E-state index is -1.19. The highest BCUT2D eigenvalue weighted by atomic mass is 19.2. The van der Waals surface area contributed by atoms with Crippen molar-refractivity contribution in [2.75, 3.05) is 5.73 Å². The van der Waals surface area contributed by atoms with Gasteiger partial charge in [0.2, 0.25) is 5.91 Å². The van der Waals surface area contributed by atoms with Gasteiger partial charge in [-0.25, -0.2) is 8.78 Å². The van der Waals surface area contributed by atoms with Crippen LogP contribution in [0.5, 0.6) is 0 Å². The summed E-state index contributed by atoms with van der Waals surface area (Å²) in [5.74, 6) is -4.09. The zero-order valence-electron chi connectivity index (χ0n) is 10.5. The highest BCUT2D eigenvalue weighted by molar-refractivity contribution is 6.01. The normalized spacial score (nSPS) is 12.3. The zero-order valence-corrected chi connectivity index (χ0v) is 10.5. The van der Waals surface area contributed by atoms with Gasteiger partial charge in [0.25, 0.3) is 5.91 Å². The van der Waals surface area contributed by atoms with E-state index in [1.54, 1.807) is 13.8 Å². The van der Waals surface area contributed by atoms with Crippen LogP contribution in [0.25, 0.3) is 0 Å². The van der Waals surface area contributed by atoms with E-state index in [1.807, 2.05) is 0 Å². The molecule has 104 valence electrons. The predicted octanol–water partition coefficient (Wildman–Crippen LogP) is 0.787. The average Bonchev–Trinajstić information content (AvgIpc) is 2.29. The van der Waals surface area contributed by atoms with E-state index in [-0.39, 0.29) is 17.2 Å². The molecule has 1 aromatic carbocycles. The van der Waals surface area contributed by atoms with Crippen LogP contribution in [-0.2, 0) is 4.79 Å². The van der Waals surface area contributed by atoms with Crippen molar-refractivity contribution in [1.29, 1.82) is 0 Å². The Morgan fingerprint density at radius 1 is 1.21 bits per heavy atom. The van der Waals surface area contributed by atoms with Crippen molar-refractivity contribution >= 4 is 17.5 Å². The summed E-state index contributed by atoms with van der Waals surface area (Å²) in [6.45, 7) is 3.37. The highest BCUT2D eigenvalue weighted by Crippen LogP contribution is 2.17. The molecule has 0 aromatic heterocycles. The van der Waals surface area contributed by atoms with Gasteiger partial charge in [0, 0.05) is 11.8 Å². The summed E-state index contributed by atoms with van der Waals surface area (Å²) in [4.78, 5) is 23.0. The third kappa shape index (κ3) is 3.40. The van der Waals surface area contributed by atoms with Crippen molar-refractivity contribution in [2.24, 2.45) is 11.7 Å². The lowest BCUT2D eigenvalue weighted by molar-refractivity contribution is -0.120. The number of benzene rings is 1. The molecule has 0 fully saturated rings. The van der Waals surface area contributed by atoms with E-state index in [0.717, 1.165) is 0 Å². The summed E-state index contributed by atoms with van der Waals surface area (Å²) in [5, 5.41) is 2.34. The second-order valence-corrected chi connectivity index (χ2v) is 4.45. The van der Waals surface area contributed by atoms with Crippen LogP contribution in [0, 0.1) is 17.6 Å². The Labute approximate surface area is 109 Å². The van der Waals surface area contributed by atoms with Gasteiger partial charge >= 0.3 is 0 Å². The molecule has 1 aromatic rings. The zero-order chi connectivity index (χ0) is 14.7. The molecule has 19 heavy (non-hydrogen) atoms. The summed E-state index contributed by atoms with van der Waals surface area (Å²) >= 11 is 0. The van der Waals surface area contributed by atoms with Crippen LogP contribution >= 0.6 is 0 Å². The molecule has 5 nitrogen and oxygen atoms in total. The monoisotopic (exact) mass is 271 g/mol. The van der Waals surface area contributed by atoms with Crippen LogP contribution in [0.15, 0.2) is 12.1 Å². The summed E-state index contributed by atoms with van der Waals surface area (Å²) in [6, 6.07) is 0.470. The number of nitrogen functional groups attached to an aromatic ring is 1. The van der Waals surface area contributed by atoms with Crippen LogP contribution in [0.3, 0.4) is 0 Å². The lowest BCUT2D eigenvalue weighted by atomic mass is 10.0. The molecule has 0 radical (unpaired) electrons. The third-order valence-electron chi connectivity index (χ3n) is 2.60. The SMILES string of the molecule is CC(C)C(NC(=O)c1cc(F)c(F)cc1N)C(N)=O. The number of rotatable bonds is 4. The Morgan fingerprint density at radius 2 is 1.74 bits per heavy atom. The van der Waals surface area contributed by atoms with E-state index in [1.165, 1.54) is 0 Å². The largest absolute Gasteiger partial charge is 0.398 e. The van der Waals surface area contributed by atoms with Gasteiger partial charge in [-0.2, -0.15) is 0 Å². The van der Waals surface area contributed by atoms with Crippen LogP contribution in [-0.4, -0.2) is 17.9 Å². The van der Waals surface area contributed by atoms with Gasteiger partial charge in [-0.3, -0.25) is 9.59 Å². The number of nitrogens with two attached hydrogens (primary N) is 2. The lowest BCUT2D eigenvalue weighted by Gasteiger charge is -2.19. The first-order valence-corrected chi connectivity index (χ1v) is 5.58. The molecule has 1 atom stereocenters. The van der Waals surface area contributed by atoms with Crippen molar-refractivity contribution in [1.82, 2.24) is 5.32 Å². The van der Waals surface area contributed by atoms with E-state index in [4.69, 9.17) is 11.5 Å². The molecule has 7 heteroatoms. The molecule has 0 aliphatic carbocycles. The van der Waals surface area contributed by atoms with Gasteiger partial charge in [0.1, 0.15) is 6.04 Å². The Hall–Kier alpha value is -2.18. The van der Waals surface area contributed by atoms with E-state index in [0.29, 0.717) is 12.1 Å². The van der Waals surface area contributed by atoms with Gasteiger partial charge in [0.15, 0.2) is 11.6 Å². The van der Waals surface area contributed by atoms with Crippen LogP contribution in [0.2, 0.25) is 0 Å². The number of primary amides is 1. The second-order valence-electron chi connectivity index (χ2n) is 4.45. The molecular weight excluding hydrogens is 256 g/mol. The quantitative estimate of drug-likeness (QED) is 0.706. The molecule has 0 aliphatic heterocycles. The van der Waals surface area contributed by atoms with Gasteiger partial charge in [0.05, 0.1) is 5.56 Å². The number of anilines is 1. The third-order valence-corrected chi connectivity index (χ3v) is 2.60. The number of nitrogens with one attached hydrogen (secondary N) is 1. The van der Waals surface area contributed by atoms with Crippen LogP contribution < -0.4 is 16.8 Å². The van der Waals surface area contributed by atoms with Crippen molar-refractivity contribution in [3.8, 4) is 0 Å². The lowest BCUT2D eigenvalue weighted by Crippen LogP contribution is -2.47. The molecule has 0 spiro atoms. The fourth-order valence-corrected chi connectivity index (χ4v) is 1.54. The van der Waals surface area contributed by atoms with Crippen LogP contribution in [0.1, 0.15) is 24.2 Å². The Bertz CT molecular complexity index is 518. The first kappa shape index (κ1) is 14.9. The van der Waals surface area contributed by atoms with Gasteiger partial charge in [-0.05, 0) is 12.0 Å². The molecular formula is C12H15F2N3O2. The van der Waals surface area contributed by atoms with Crippen molar-refractivity contribution in [3.63, 3.8) is 0 Å². The molecule has 0 bridgehead atoms. The smallest absolute Gasteiger partial charge is 0.254 e. The number of carbonyl (C=O) groups is 2. The maximum absolute atomic E-state index is 13.1. The van der Waals surface area contributed by atoms with Crippen molar-refractivity contribution < 1.29 is 18.4 Å². The topological polar surface area (TPSA) is 98.2 Å². The molecule has 0 aliphatic rings. The Balaban J connectivity index is 3.01. The van der Waals surface area contributed by atoms with Gasteiger partial charge in [-0.1, -0.05) is 13.8 Å². The minimum absolute atomic E-state index is 0.219. The number of halogens is 2. The molecule has 0 saturated carbocycles. The first-order chi connectivity index (χ1) is 8.73. The number of amides is 2. The number of hydrogen-bond donors (Lipinski definition) is 3. The standard InChI is InChI=1S/C12H15F2N3O2/c1-5(2)10(11(16)18)17-12(19)6-3-7(13)8(14)4-9(6)15/h3-5,10H,15H2,1-2H3,(H2,16,18)(H,17,19). The molecule has 0 saturated heterocycles. The summed E-state index contributed by atoms with van der Waals surface area (Å²) in [7, 11) is 0. The van der Waals surface area contributed by atoms with E-state index in [2.05, 4.69) is 5.32 Å².